The van der Waals surface area contributed by atoms with Gasteiger partial charge in [-0.1, -0.05) is 17.7 Å². The number of carbonyl (C=O) groups excluding carboxylic acids is 1. The minimum Gasteiger partial charge on any atom is -0.444 e. The van der Waals surface area contributed by atoms with E-state index >= 15 is 0 Å². The van der Waals surface area contributed by atoms with Gasteiger partial charge in [-0.05, 0) is 56.9 Å². The van der Waals surface area contributed by atoms with Gasteiger partial charge in [-0.15, -0.1) is 0 Å². The lowest BCUT2D eigenvalue weighted by molar-refractivity contribution is 0.0399. The number of aryl methyl sites for hydroxylation is 1. The average molecular weight is 298 g/mol. The number of hydrogen-bond acceptors (Lipinski definition) is 3. The van der Waals surface area contributed by atoms with Gasteiger partial charge in [-0.25, -0.2) is 4.79 Å². The molecule has 0 aliphatic heterocycles. The molecule has 0 bridgehead atoms. The number of ether oxygens (including phenoxy) is 1. The van der Waals surface area contributed by atoms with Crippen molar-refractivity contribution in [2.75, 3.05) is 0 Å². The summed E-state index contributed by atoms with van der Waals surface area (Å²) in [5.41, 5.74) is 1.40. The smallest absolute Gasteiger partial charge is 0.408 e. The van der Waals surface area contributed by atoms with E-state index < -0.39 is 23.8 Å². The van der Waals surface area contributed by atoms with Gasteiger partial charge in [0.25, 0.3) is 0 Å². The molecule has 0 spiro atoms. The molecule has 1 aromatic carbocycles. The molecule has 2 rings (SSSR count). The Hall–Kier alpha value is -1.26. The second-order valence-corrected chi connectivity index (χ2v) is 6.51. The lowest BCUT2D eigenvalue weighted by Crippen LogP contribution is -2.41. The van der Waals surface area contributed by atoms with Crippen molar-refractivity contribution in [3.05, 3.63) is 34.3 Å². The van der Waals surface area contributed by atoms with Gasteiger partial charge in [0.15, 0.2) is 0 Å². The number of rotatable bonds is 1. The number of aliphatic hydroxyl groups excluding tert-OH is 1. The summed E-state index contributed by atoms with van der Waals surface area (Å²) in [5, 5.41) is 13.5. The Labute approximate surface area is 124 Å². The normalized spacial score (nSPS) is 22.1. The fraction of sp³-hybridized carbons (Fsp3) is 0.533. The summed E-state index contributed by atoms with van der Waals surface area (Å²) in [6.45, 7) is 5.41. The minimum absolute atomic E-state index is 0.453. The van der Waals surface area contributed by atoms with E-state index in [1.165, 1.54) is 0 Å². The standard InChI is InChI=1S/C15H20ClNO3/c1-15(2,3)20-14(19)17-13-11-6-5-10(16)8-9(11)4-7-12(13)18/h5-6,8,12-13,18H,4,7H2,1-3H3,(H,17,19). The Balaban J connectivity index is 2.17. The van der Waals surface area contributed by atoms with Crippen LogP contribution in [0.25, 0.3) is 0 Å². The van der Waals surface area contributed by atoms with Gasteiger partial charge in [-0.2, -0.15) is 0 Å². The SMILES string of the molecule is CC(C)(C)OC(=O)NC1c2ccc(Cl)cc2CCC1O. The van der Waals surface area contributed by atoms with Gasteiger partial charge in [0, 0.05) is 5.02 Å². The first-order chi connectivity index (χ1) is 9.26. The Kier molecular flexibility index (Phi) is 4.25. The first-order valence-corrected chi connectivity index (χ1v) is 7.10. The molecular weight excluding hydrogens is 278 g/mol. The van der Waals surface area contributed by atoms with E-state index in [1.807, 2.05) is 12.1 Å². The van der Waals surface area contributed by atoms with Crippen molar-refractivity contribution >= 4 is 17.7 Å². The molecule has 0 heterocycles. The van der Waals surface area contributed by atoms with Gasteiger partial charge in [0.05, 0.1) is 12.1 Å². The summed E-state index contributed by atoms with van der Waals surface area (Å²) in [4.78, 5) is 11.9. The summed E-state index contributed by atoms with van der Waals surface area (Å²) in [5.74, 6) is 0. The van der Waals surface area contributed by atoms with Crippen molar-refractivity contribution in [2.24, 2.45) is 0 Å². The number of aliphatic hydroxyl groups is 1. The highest BCUT2D eigenvalue weighted by atomic mass is 35.5. The van der Waals surface area contributed by atoms with E-state index in [0.717, 1.165) is 17.5 Å². The van der Waals surface area contributed by atoms with Gasteiger partial charge < -0.3 is 15.2 Å². The lowest BCUT2D eigenvalue weighted by atomic mass is 9.86. The number of carbonyl (C=O) groups is 1. The zero-order valence-electron chi connectivity index (χ0n) is 11.9. The molecule has 2 atom stereocenters. The Morgan fingerprint density at radius 3 is 2.80 bits per heavy atom. The van der Waals surface area contributed by atoms with Gasteiger partial charge in [-0.3, -0.25) is 0 Å². The molecule has 0 saturated heterocycles. The molecule has 110 valence electrons. The third-order valence-corrected chi connectivity index (χ3v) is 3.44. The fourth-order valence-electron chi connectivity index (χ4n) is 2.38. The quantitative estimate of drug-likeness (QED) is 0.837. The minimum atomic E-state index is -0.615. The van der Waals surface area contributed by atoms with Crippen LogP contribution in [0.4, 0.5) is 4.79 Å². The van der Waals surface area contributed by atoms with Crippen LogP contribution in [0.5, 0.6) is 0 Å². The molecule has 5 heteroatoms. The second-order valence-electron chi connectivity index (χ2n) is 6.07. The number of halogens is 1. The molecular formula is C15H20ClNO3. The number of fused-ring (bicyclic) bond motifs is 1. The Bertz CT molecular complexity index is 510. The van der Waals surface area contributed by atoms with E-state index in [4.69, 9.17) is 16.3 Å². The van der Waals surface area contributed by atoms with E-state index in [9.17, 15) is 9.90 Å². The molecule has 1 amide bonds. The van der Waals surface area contributed by atoms with E-state index in [2.05, 4.69) is 5.32 Å². The molecule has 0 aromatic heterocycles. The second kappa shape index (κ2) is 5.62. The Morgan fingerprint density at radius 2 is 2.15 bits per heavy atom. The average Bonchev–Trinajstić information content (AvgIpc) is 2.30. The maximum Gasteiger partial charge on any atom is 0.408 e. The molecule has 1 aliphatic rings. The molecule has 0 radical (unpaired) electrons. The number of amides is 1. The van der Waals surface area contributed by atoms with E-state index in [-0.39, 0.29) is 0 Å². The van der Waals surface area contributed by atoms with Gasteiger partial charge in [0.2, 0.25) is 0 Å². The first kappa shape index (κ1) is 15.1. The number of hydrogen-bond donors (Lipinski definition) is 2. The van der Waals surface area contributed by atoms with Crippen molar-refractivity contribution in [3.8, 4) is 0 Å². The van der Waals surface area contributed by atoms with Crippen LogP contribution in [0.2, 0.25) is 5.02 Å². The van der Waals surface area contributed by atoms with Crippen molar-refractivity contribution in [3.63, 3.8) is 0 Å². The van der Waals surface area contributed by atoms with Crippen molar-refractivity contribution in [1.82, 2.24) is 5.32 Å². The molecule has 4 nitrogen and oxygen atoms in total. The van der Waals surface area contributed by atoms with Crippen LogP contribution >= 0.6 is 11.6 Å². The fourth-order valence-corrected chi connectivity index (χ4v) is 2.57. The number of nitrogens with one attached hydrogen (secondary N) is 1. The van der Waals surface area contributed by atoms with Gasteiger partial charge in [0.1, 0.15) is 5.60 Å². The maximum atomic E-state index is 11.9. The lowest BCUT2D eigenvalue weighted by Gasteiger charge is -2.32. The molecule has 2 N–H and O–H groups in total. The first-order valence-electron chi connectivity index (χ1n) is 6.72. The predicted molar refractivity (Wildman–Crippen MR) is 77.9 cm³/mol. The zero-order chi connectivity index (χ0) is 14.9. The maximum absolute atomic E-state index is 11.9. The van der Waals surface area contributed by atoms with Crippen LogP contribution in [0.1, 0.15) is 44.4 Å². The van der Waals surface area contributed by atoms with Crippen LogP contribution in [-0.4, -0.2) is 22.9 Å². The van der Waals surface area contributed by atoms with Crippen molar-refractivity contribution < 1.29 is 14.6 Å². The number of alkyl carbamates (subject to hydrolysis) is 1. The summed E-state index contributed by atoms with van der Waals surface area (Å²) < 4.78 is 5.24. The van der Waals surface area contributed by atoms with E-state index in [0.29, 0.717) is 11.4 Å². The van der Waals surface area contributed by atoms with Gasteiger partial charge >= 0.3 is 6.09 Å². The molecule has 1 aromatic rings. The molecule has 20 heavy (non-hydrogen) atoms. The molecule has 2 unspecified atom stereocenters. The highest BCUT2D eigenvalue weighted by Gasteiger charge is 2.30. The summed E-state index contributed by atoms with van der Waals surface area (Å²) in [7, 11) is 0. The largest absolute Gasteiger partial charge is 0.444 e. The van der Waals surface area contributed by atoms with Crippen molar-refractivity contribution in [1.29, 1.82) is 0 Å². The van der Waals surface area contributed by atoms with Crippen LogP contribution in [0, 0.1) is 0 Å². The highest BCUT2D eigenvalue weighted by Crippen LogP contribution is 2.32. The van der Waals surface area contributed by atoms with Crippen LogP contribution in [0.15, 0.2) is 18.2 Å². The summed E-state index contributed by atoms with van der Waals surface area (Å²) in [6, 6.07) is 5.04. The summed E-state index contributed by atoms with van der Waals surface area (Å²) in [6.07, 6.45) is 0.206. The van der Waals surface area contributed by atoms with Crippen LogP contribution < -0.4 is 5.32 Å². The van der Waals surface area contributed by atoms with Crippen molar-refractivity contribution in [2.45, 2.75) is 51.4 Å². The third kappa shape index (κ3) is 3.64. The topological polar surface area (TPSA) is 58.6 Å². The molecule has 0 fully saturated rings. The zero-order valence-corrected chi connectivity index (χ0v) is 12.7. The van der Waals surface area contributed by atoms with Crippen LogP contribution in [0.3, 0.4) is 0 Å². The highest BCUT2D eigenvalue weighted by molar-refractivity contribution is 6.30. The summed E-state index contributed by atoms with van der Waals surface area (Å²) >= 11 is 5.98. The van der Waals surface area contributed by atoms with E-state index in [1.54, 1.807) is 26.8 Å². The number of benzene rings is 1. The molecule has 1 aliphatic carbocycles. The van der Waals surface area contributed by atoms with Crippen LogP contribution in [-0.2, 0) is 11.2 Å². The predicted octanol–water partition coefficient (Wildman–Crippen LogP) is 3.21. The molecule has 0 saturated carbocycles. The monoisotopic (exact) mass is 297 g/mol. The third-order valence-electron chi connectivity index (χ3n) is 3.21. The Morgan fingerprint density at radius 1 is 1.45 bits per heavy atom.